The number of nitrogens with zero attached hydrogens (tertiary/aromatic N) is 2. The minimum atomic E-state index is -0.458. The molecule has 154 valence electrons. The van der Waals surface area contributed by atoms with Crippen molar-refractivity contribution in [2.45, 2.75) is 6.04 Å². The van der Waals surface area contributed by atoms with E-state index in [2.05, 4.69) is 15.6 Å². The van der Waals surface area contributed by atoms with Crippen molar-refractivity contribution in [3.63, 3.8) is 0 Å². The normalized spacial score (nSPS) is 11.8. The second kappa shape index (κ2) is 10.1. The highest BCUT2D eigenvalue weighted by atomic mass is 16.5. The maximum absolute atomic E-state index is 12.5. The van der Waals surface area contributed by atoms with Gasteiger partial charge in [0.1, 0.15) is 17.6 Å². The molecule has 1 unspecified atom stereocenters. The largest absolute Gasteiger partial charge is 0.497 e. The summed E-state index contributed by atoms with van der Waals surface area (Å²) in [4.78, 5) is 28.9. The lowest BCUT2D eigenvalue weighted by Crippen LogP contribution is -2.39. The Bertz CT molecular complexity index is 1010. The van der Waals surface area contributed by atoms with Crippen molar-refractivity contribution in [2.75, 3.05) is 13.7 Å². The standard InChI is InChI=1S/C23H24N4O3/c1-27-15-14-24-23(27)22(18-9-11-19(30-2)12-10-18)26-21(29)16-25-20(28)13-8-17-6-4-3-5-7-17/h3-15,22H,16H2,1-2H3,(H,25,28)(H,26,29)/b13-8+. The van der Waals surface area contributed by atoms with Crippen LogP contribution in [0, 0.1) is 0 Å². The van der Waals surface area contributed by atoms with Gasteiger partial charge < -0.3 is 19.9 Å². The Labute approximate surface area is 175 Å². The lowest BCUT2D eigenvalue weighted by Gasteiger charge is -2.19. The summed E-state index contributed by atoms with van der Waals surface area (Å²) in [5, 5.41) is 5.54. The fourth-order valence-corrected chi connectivity index (χ4v) is 2.92. The first-order chi connectivity index (χ1) is 14.6. The molecule has 0 saturated heterocycles. The van der Waals surface area contributed by atoms with Crippen molar-refractivity contribution < 1.29 is 14.3 Å². The van der Waals surface area contributed by atoms with E-state index in [0.29, 0.717) is 5.82 Å². The molecule has 2 N–H and O–H groups in total. The second-order valence-corrected chi connectivity index (χ2v) is 6.63. The number of methoxy groups -OCH3 is 1. The number of carbonyl (C=O) groups excluding carboxylic acids is 2. The number of nitrogens with one attached hydrogen (secondary N) is 2. The van der Waals surface area contributed by atoms with Crippen molar-refractivity contribution in [2.24, 2.45) is 7.05 Å². The molecule has 0 aliphatic carbocycles. The smallest absolute Gasteiger partial charge is 0.244 e. The molecule has 0 aliphatic heterocycles. The predicted molar refractivity (Wildman–Crippen MR) is 115 cm³/mol. The van der Waals surface area contributed by atoms with Crippen molar-refractivity contribution in [3.8, 4) is 5.75 Å². The monoisotopic (exact) mass is 404 g/mol. The van der Waals surface area contributed by atoms with E-state index in [9.17, 15) is 9.59 Å². The topological polar surface area (TPSA) is 85.2 Å². The first-order valence-electron chi connectivity index (χ1n) is 9.48. The molecule has 2 aromatic carbocycles. The summed E-state index contributed by atoms with van der Waals surface area (Å²) in [5.41, 5.74) is 1.76. The SMILES string of the molecule is COc1ccc(C(NC(=O)CNC(=O)/C=C/c2ccccc2)c2nccn2C)cc1. The summed E-state index contributed by atoms with van der Waals surface area (Å²) >= 11 is 0. The molecular weight excluding hydrogens is 380 g/mol. The molecular formula is C23H24N4O3. The highest BCUT2D eigenvalue weighted by Gasteiger charge is 2.21. The Hall–Kier alpha value is -3.87. The number of imidazole rings is 1. The summed E-state index contributed by atoms with van der Waals surface area (Å²) in [6.45, 7) is -0.144. The van der Waals surface area contributed by atoms with Crippen molar-refractivity contribution in [3.05, 3.63) is 90.0 Å². The molecule has 3 aromatic rings. The zero-order valence-corrected chi connectivity index (χ0v) is 16.9. The van der Waals surface area contributed by atoms with Crippen LogP contribution in [0.2, 0.25) is 0 Å². The number of hydrogen-bond acceptors (Lipinski definition) is 4. The molecule has 0 fully saturated rings. The minimum Gasteiger partial charge on any atom is -0.497 e. The quantitative estimate of drug-likeness (QED) is 0.565. The minimum absolute atomic E-state index is 0.144. The molecule has 7 heteroatoms. The van der Waals surface area contributed by atoms with Crippen LogP contribution in [0.5, 0.6) is 5.75 Å². The van der Waals surface area contributed by atoms with Gasteiger partial charge in [-0.3, -0.25) is 9.59 Å². The van der Waals surface area contributed by atoms with Gasteiger partial charge in [0.2, 0.25) is 11.8 Å². The van der Waals surface area contributed by atoms with Crippen molar-refractivity contribution >= 4 is 17.9 Å². The highest BCUT2D eigenvalue weighted by molar-refractivity contribution is 5.94. The molecule has 1 atom stereocenters. The van der Waals surface area contributed by atoms with E-state index in [1.165, 1.54) is 6.08 Å². The van der Waals surface area contributed by atoms with Crippen LogP contribution in [0.15, 0.2) is 73.1 Å². The van der Waals surface area contributed by atoms with E-state index in [0.717, 1.165) is 16.9 Å². The van der Waals surface area contributed by atoms with Crippen molar-refractivity contribution in [1.82, 2.24) is 20.2 Å². The van der Waals surface area contributed by atoms with E-state index < -0.39 is 6.04 Å². The summed E-state index contributed by atoms with van der Waals surface area (Å²) in [5.74, 6) is 0.747. The lowest BCUT2D eigenvalue weighted by atomic mass is 10.1. The Balaban J connectivity index is 1.64. The first-order valence-corrected chi connectivity index (χ1v) is 9.48. The maximum atomic E-state index is 12.5. The zero-order valence-electron chi connectivity index (χ0n) is 16.9. The Kier molecular flexibility index (Phi) is 7.00. The van der Waals surface area contributed by atoms with Gasteiger partial charge in [-0.1, -0.05) is 42.5 Å². The summed E-state index contributed by atoms with van der Waals surface area (Å²) in [6.07, 6.45) is 6.59. The Morgan fingerprint density at radius 1 is 1.13 bits per heavy atom. The number of hydrogen-bond donors (Lipinski definition) is 2. The molecule has 7 nitrogen and oxygen atoms in total. The maximum Gasteiger partial charge on any atom is 0.244 e. The van der Waals surface area contributed by atoms with E-state index in [1.54, 1.807) is 19.4 Å². The van der Waals surface area contributed by atoms with Crippen molar-refractivity contribution in [1.29, 1.82) is 0 Å². The van der Waals surface area contributed by atoms with Gasteiger partial charge in [0, 0.05) is 25.5 Å². The Morgan fingerprint density at radius 2 is 1.87 bits per heavy atom. The van der Waals surface area contributed by atoms with Crippen LogP contribution in [0.1, 0.15) is 23.0 Å². The average molecular weight is 404 g/mol. The molecule has 30 heavy (non-hydrogen) atoms. The molecule has 2 amide bonds. The van der Waals surface area contributed by atoms with Gasteiger partial charge in [0.25, 0.3) is 0 Å². The molecule has 0 bridgehead atoms. The Morgan fingerprint density at radius 3 is 2.50 bits per heavy atom. The van der Waals surface area contributed by atoms with Crippen LogP contribution in [0.4, 0.5) is 0 Å². The highest BCUT2D eigenvalue weighted by Crippen LogP contribution is 2.22. The lowest BCUT2D eigenvalue weighted by molar-refractivity contribution is -0.124. The third-order valence-corrected chi connectivity index (χ3v) is 4.52. The summed E-state index contributed by atoms with van der Waals surface area (Å²) in [7, 11) is 3.46. The molecule has 0 radical (unpaired) electrons. The van der Waals surface area contributed by atoms with Gasteiger partial charge in [0.05, 0.1) is 13.7 Å². The van der Waals surface area contributed by atoms with Crippen LogP contribution in [-0.4, -0.2) is 35.0 Å². The van der Waals surface area contributed by atoms with Crippen LogP contribution in [0.3, 0.4) is 0 Å². The fourth-order valence-electron chi connectivity index (χ4n) is 2.92. The number of ether oxygens (including phenoxy) is 1. The molecule has 1 heterocycles. The van der Waals surface area contributed by atoms with E-state index >= 15 is 0 Å². The number of benzene rings is 2. The zero-order chi connectivity index (χ0) is 21.3. The van der Waals surface area contributed by atoms with Crippen LogP contribution >= 0.6 is 0 Å². The van der Waals surface area contributed by atoms with Crippen LogP contribution in [0.25, 0.3) is 6.08 Å². The van der Waals surface area contributed by atoms with Gasteiger partial charge >= 0.3 is 0 Å². The van der Waals surface area contributed by atoms with E-state index in [4.69, 9.17) is 4.74 Å². The van der Waals surface area contributed by atoms with Gasteiger partial charge in [0.15, 0.2) is 0 Å². The fraction of sp³-hybridized carbons (Fsp3) is 0.174. The first kappa shape index (κ1) is 20.9. The molecule has 0 saturated carbocycles. The van der Waals surface area contributed by atoms with E-state index in [1.807, 2.05) is 72.4 Å². The van der Waals surface area contributed by atoms with E-state index in [-0.39, 0.29) is 18.4 Å². The average Bonchev–Trinajstić information content (AvgIpc) is 3.21. The predicted octanol–water partition coefficient (Wildman–Crippen LogP) is 2.46. The molecule has 0 spiro atoms. The third-order valence-electron chi connectivity index (χ3n) is 4.52. The van der Waals surface area contributed by atoms with Gasteiger partial charge in [-0.05, 0) is 29.3 Å². The molecule has 1 aromatic heterocycles. The summed E-state index contributed by atoms with van der Waals surface area (Å²) in [6, 6.07) is 16.4. The number of rotatable bonds is 8. The number of amides is 2. The molecule has 0 aliphatic rings. The van der Waals surface area contributed by atoms with Crippen LogP contribution < -0.4 is 15.4 Å². The second-order valence-electron chi connectivity index (χ2n) is 6.63. The number of carbonyl (C=O) groups is 2. The third kappa shape index (κ3) is 5.57. The van der Waals surface area contributed by atoms with Gasteiger partial charge in [-0.2, -0.15) is 0 Å². The van der Waals surface area contributed by atoms with Gasteiger partial charge in [-0.15, -0.1) is 0 Å². The van der Waals surface area contributed by atoms with Crippen LogP contribution in [-0.2, 0) is 16.6 Å². The number of aryl methyl sites for hydroxylation is 1. The summed E-state index contributed by atoms with van der Waals surface area (Å²) < 4.78 is 7.05. The molecule has 3 rings (SSSR count). The number of aromatic nitrogens is 2. The van der Waals surface area contributed by atoms with Gasteiger partial charge in [-0.25, -0.2) is 4.98 Å².